The molecule has 0 fully saturated rings. The molecule has 6 aromatic carbocycles. The first-order valence-electron chi connectivity index (χ1n) is 14.4. The number of rotatable bonds is 4. The fourth-order valence-electron chi connectivity index (χ4n) is 6.61. The van der Waals surface area contributed by atoms with E-state index in [1.54, 1.807) is 0 Å². The van der Waals surface area contributed by atoms with Crippen molar-refractivity contribution in [2.24, 2.45) is 4.99 Å². The Morgan fingerprint density at radius 1 is 0.500 bits per heavy atom. The minimum atomic E-state index is -0.00616. The molecule has 0 radical (unpaired) electrons. The van der Waals surface area contributed by atoms with E-state index in [1.807, 2.05) is 36.4 Å². The molecule has 0 spiro atoms. The summed E-state index contributed by atoms with van der Waals surface area (Å²) in [6.45, 7) is 0. The minimum absolute atomic E-state index is 0.00616. The highest BCUT2D eigenvalue weighted by atomic mass is 16.1. The summed E-state index contributed by atoms with van der Waals surface area (Å²) in [6, 6.07) is 50.4. The van der Waals surface area contributed by atoms with Crippen LogP contribution in [0.1, 0.15) is 38.5 Å². The van der Waals surface area contributed by atoms with Gasteiger partial charge in [-0.2, -0.15) is 0 Å². The maximum atomic E-state index is 14.5. The Kier molecular flexibility index (Phi) is 5.79. The van der Waals surface area contributed by atoms with Crippen molar-refractivity contribution in [2.45, 2.75) is 12.3 Å². The summed E-state index contributed by atoms with van der Waals surface area (Å²) >= 11 is 0. The zero-order chi connectivity index (χ0) is 28.0. The second-order valence-corrected chi connectivity index (χ2v) is 11.1. The van der Waals surface area contributed by atoms with Crippen LogP contribution in [0.2, 0.25) is 0 Å². The average Bonchev–Trinajstić information content (AvgIpc) is 3.19. The average molecular weight is 538 g/mol. The zero-order valence-electron chi connectivity index (χ0n) is 23.0. The molecule has 0 aromatic heterocycles. The third-order valence-electron chi connectivity index (χ3n) is 8.60. The van der Waals surface area contributed by atoms with Gasteiger partial charge in [0.15, 0.2) is 5.78 Å². The van der Waals surface area contributed by atoms with Crippen molar-refractivity contribution >= 4 is 17.2 Å². The van der Waals surface area contributed by atoms with Crippen molar-refractivity contribution in [3.8, 4) is 33.4 Å². The van der Waals surface area contributed by atoms with E-state index in [0.717, 1.165) is 79.0 Å². The van der Waals surface area contributed by atoms with E-state index in [-0.39, 0.29) is 11.7 Å². The molecule has 1 atom stereocenters. The van der Waals surface area contributed by atoms with E-state index in [2.05, 4.69) is 109 Å². The van der Waals surface area contributed by atoms with Gasteiger partial charge in [0.1, 0.15) is 0 Å². The first-order valence-corrected chi connectivity index (χ1v) is 14.4. The third-order valence-corrected chi connectivity index (χ3v) is 8.60. The summed E-state index contributed by atoms with van der Waals surface area (Å²) in [7, 11) is 0. The lowest BCUT2D eigenvalue weighted by Gasteiger charge is -2.26. The molecule has 1 unspecified atom stereocenters. The van der Waals surface area contributed by atoms with Crippen LogP contribution in [0.3, 0.4) is 0 Å². The van der Waals surface area contributed by atoms with Crippen molar-refractivity contribution in [3.05, 3.63) is 173 Å². The molecule has 2 aliphatic rings. The van der Waals surface area contributed by atoms with Crippen LogP contribution in [0.5, 0.6) is 0 Å². The molecule has 198 valence electrons. The highest BCUT2D eigenvalue weighted by Gasteiger charge is 2.36. The van der Waals surface area contributed by atoms with E-state index in [1.165, 1.54) is 0 Å². The first kappa shape index (κ1) is 24.5. The van der Waals surface area contributed by atoms with Gasteiger partial charge < -0.3 is 0 Å². The second kappa shape index (κ2) is 9.94. The van der Waals surface area contributed by atoms with E-state index in [9.17, 15) is 4.79 Å². The molecule has 42 heavy (non-hydrogen) atoms. The van der Waals surface area contributed by atoms with Crippen LogP contribution in [0.15, 0.2) is 151 Å². The molecular formula is C40H27NO. The number of benzene rings is 6. The molecule has 1 aliphatic heterocycles. The SMILES string of the molecule is O=C1c2cccc3c2CC(C(c2ccccc2)=N3)c2cccc(-c3cc(-c4ccccc4)cc(-c4ccccc4)c3)c21. The lowest BCUT2D eigenvalue weighted by Crippen LogP contribution is -2.20. The van der Waals surface area contributed by atoms with Gasteiger partial charge in [0.25, 0.3) is 0 Å². The summed E-state index contributed by atoms with van der Waals surface area (Å²) < 4.78 is 0. The fraction of sp³-hybridized carbons (Fsp3) is 0.0500. The molecule has 8 rings (SSSR count). The normalized spacial score (nSPS) is 15.0. The number of carbonyl (C=O) groups excluding carboxylic acids is 1. The summed E-state index contributed by atoms with van der Waals surface area (Å²) in [5.74, 6) is 0.0733. The largest absolute Gasteiger partial charge is 0.289 e. The molecule has 2 heteroatoms. The first-order chi connectivity index (χ1) is 20.7. The number of fused-ring (bicyclic) bond motifs is 3. The Labute approximate surface area is 245 Å². The van der Waals surface area contributed by atoms with Gasteiger partial charge >= 0.3 is 0 Å². The van der Waals surface area contributed by atoms with E-state index in [4.69, 9.17) is 4.99 Å². The van der Waals surface area contributed by atoms with E-state index >= 15 is 0 Å². The predicted molar refractivity (Wildman–Crippen MR) is 172 cm³/mol. The van der Waals surface area contributed by atoms with Gasteiger partial charge in [0.05, 0.1) is 11.4 Å². The summed E-state index contributed by atoms with van der Waals surface area (Å²) in [5, 5.41) is 0. The molecule has 2 nitrogen and oxygen atoms in total. The quantitative estimate of drug-likeness (QED) is 0.220. The molecular weight excluding hydrogens is 510 g/mol. The fourth-order valence-corrected chi connectivity index (χ4v) is 6.61. The molecule has 1 heterocycles. The number of nitrogens with zero attached hydrogens (tertiary/aromatic N) is 1. The third kappa shape index (κ3) is 4.03. The minimum Gasteiger partial charge on any atom is -0.289 e. The van der Waals surface area contributed by atoms with Gasteiger partial charge in [-0.15, -0.1) is 0 Å². The smallest absolute Gasteiger partial charge is 0.194 e. The summed E-state index contributed by atoms with van der Waals surface area (Å²) in [4.78, 5) is 19.7. The van der Waals surface area contributed by atoms with Gasteiger partial charge in [0.2, 0.25) is 0 Å². The van der Waals surface area contributed by atoms with Crippen LogP contribution in [0.25, 0.3) is 33.4 Å². The van der Waals surface area contributed by atoms with Crippen molar-refractivity contribution in [1.82, 2.24) is 0 Å². The van der Waals surface area contributed by atoms with Crippen LogP contribution in [-0.4, -0.2) is 11.5 Å². The van der Waals surface area contributed by atoms with Crippen LogP contribution in [0, 0.1) is 0 Å². The van der Waals surface area contributed by atoms with Gasteiger partial charge in [-0.05, 0) is 80.8 Å². The standard InChI is InChI=1S/C40H27NO/c42-40-34-20-11-21-37-35(34)25-36(39(41-37)28-16-8-3-9-17-28)33-19-10-18-32(38(33)40)31-23-29(26-12-4-1-5-13-26)22-30(24-31)27-14-6-2-7-15-27/h1-24,36H,25H2. The Hall–Kier alpha value is -5.34. The van der Waals surface area contributed by atoms with E-state index < -0.39 is 0 Å². The highest BCUT2D eigenvalue weighted by molar-refractivity contribution is 6.19. The topological polar surface area (TPSA) is 29.4 Å². The summed E-state index contributed by atoms with van der Waals surface area (Å²) in [5.41, 5.74) is 13.2. The Morgan fingerprint density at radius 3 is 1.69 bits per heavy atom. The lowest BCUT2D eigenvalue weighted by molar-refractivity contribution is 0.103. The van der Waals surface area contributed by atoms with E-state index in [0.29, 0.717) is 0 Å². The van der Waals surface area contributed by atoms with Crippen molar-refractivity contribution < 1.29 is 4.79 Å². The van der Waals surface area contributed by atoms with Crippen molar-refractivity contribution in [2.75, 3.05) is 0 Å². The molecule has 0 saturated heterocycles. The molecule has 0 N–H and O–H groups in total. The van der Waals surface area contributed by atoms with Gasteiger partial charge in [-0.3, -0.25) is 9.79 Å². The lowest BCUT2D eigenvalue weighted by atomic mass is 9.80. The molecule has 2 bridgehead atoms. The number of hydrogen-bond donors (Lipinski definition) is 0. The van der Waals surface area contributed by atoms with Crippen molar-refractivity contribution in [1.29, 1.82) is 0 Å². The van der Waals surface area contributed by atoms with Crippen LogP contribution < -0.4 is 0 Å². The Morgan fingerprint density at radius 2 is 1.05 bits per heavy atom. The second-order valence-electron chi connectivity index (χ2n) is 11.1. The predicted octanol–water partition coefficient (Wildman–Crippen LogP) is 9.69. The van der Waals surface area contributed by atoms with Crippen LogP contribution in [0.4, 0.5) is 5.69 Å². The zero-order valence-corrected chi connectivity index (χ0v) is 23.0. The van der Waals surface area contributed by atoms with Crippen LogP contribution in [-0.2, 0) is 6.42 Å². The van der Waals surface area contributed by atoms with Gasteiger partial charge in [-0.25, -0.2) is 0 Å². The highest BCUT2D eigenvalue weighted by Crippen LogP contribution is 2.45. The number of aliphatic imine (C=N–C) groups is 1. The molecule has 0 saturated carbocycles. The number of ketones is 1. The molecule has 1 aliphatic carbocycles. The Balaban J connectivity index is 1.39. The van der Waals surface area contributed by atoms with Crippen LogP contribution >= 0.6 is 0 Å². The maximum Gasteiger partial charge on any atom is 0.194 e. The summed E-state index contributed by atoms with van der Waals surface area (Å²) in [6.07, 6.45) is 0.765. The number of hydrogen-bond acceptors (Lipinski definition) is 2. The molecule has 0 amide bonds. The van der Waals surface area contributed by atoms with Gasteiger partial charge in [0, 0.05) is 17.0 Å². The molecule has 6 aromatic rings. The van der Waals surface area contributed by atoms with Gasteiger partial charge in [-0.1, -0.05) is 121 Å². The Bertz CT molecular complexity index is 1950. The van der Waals surface area contributed by atoms with Crippen molar-refractivity contribution in [3.63, 3.8) is 0 Å². The number of carbonyl (C=O) groups is 1. The monoisotopic (exact) mass is 537 g/mol. The maximum absolute atomic E-state index is 14.5.